The monoisotopic (exact) mass is 258 g/mol. The zero-order valence-electron chi connectivity index (χ0n) is 13.0. The van der Waals surface area contributed by atoms with Gasteiger partial charge in [0.05, 0.1) is 0 Å². The van der Waals surface area contributed by atoms with Crippen LogP contribution in [-0.4, -0.2) is 5.78 Å². The topological polar surface area (TPSA) is 17.1 Å². The molecular weight excluding hydrogens is 232 g/mol. The molecule has 1 aromatic rings. The second kappa shape index (κ2) is 5.73. The minimum Gasteiger partial charge on any atom is -0.294 e. The van der Waals surface area contributed by atoms with E-state index in [9.17, 15) is 4.79 Å². The maximum Gasteiger partial charge on any atom is 0.160 e. The lowest BCUT2D eigenvalue weighted by Gasteiger charge is -2.29. The molecule has 1 atom stereocenters. The summed E-state index contributed by atoms with van der Waals surface area (Å²) in [7, 11) is 0. The first-order chi connectivity index (χ1) is 8.62. The number of benzene rings is 1. The van der Waals surface area contributed by atoms with E-state index in [1.54, 1.807) is 6.08 Å². The van der Waals surface area contributed by atoms with Gasteiger partial charge >= 0.3 is 0 Å². The third kappa shape index (κ3) is 4.66. The molecule has 19 heavy (non-hydrogen) atoms. The van der Waals surface area contributed by atoms with Crippen LogP contribution in [-0.2, 0) is 4.79 Å². The summed E-state index contributed by atoms with van der Waals surface area (Å²) in [6.45, 7) is 12.5. The molecular formula is C18H26O. The van der Waals surface area contributed by atoms with Gasteiger partial charge in [-0.25, -0.2) is 0 Å². The van der Waals surface area contributed by atoms with Crippen LogP contribution in [0.2, 0.25) is 0 Å². The summed E-state index contributed by atoms with van der Waals surface area (Å²) in [5.41, 5.74) is 1.04. The standard InChI is InChI=1S/C18H26O/c1-17(2,3)15(14-10-8-7-9-11-14)12-13-16(19)18(4,5)6/h7-13,15H,1-6H3/b13-12+/t15-/m0/s1. The fraction of sp³-hybridized carbons (Fsp3) is 0.500. The third-order valence-corrected chi connectivity index (χ3v) is 3.27. The summed E-state index contributed by atoms with van der Waals surface area (Å²) in [6.07, 6.45) is 3.81. The lowest BCUT2D eigenvalue weighted by Crippen LogP contribution is -2.20. The molecule has 0 bridgehead atoms. The maximum atomic E-state index is 12.0. The zero-order valence-corrected chi connectivity index (χ0v) is 13.0. The highest BCUT2D eigenvalue weighted by molar-refractivity contribution is 5.94. The van der Waals surface area contributed by atoms with E-state index in [2.05, 4.69) is 39.0 Å². The van der Waals surface area contributed by atoms with Gasteiger partial charge in [0.1, 0.15) is 0 Å². The molecule has 0 spiro atoms. The second-order valence-electron chi connectivity index (χ2n) is 7.23. The van der Waals surface area contributed by atoms with E-state index >= 15 is 0 Å². The van der Waals surface area contributed by atoms with Gasteiger partial charge in [-0.1, -0.05) is 78.0 Å². The number of rotatable bonds is 3. The van der Waals surface area contributed by atoms with Crippen molar-refractivity contribution in [2.75, 3.05) is 0 Å². The average Bonchev–Trinajstić information content (AvgIpc) is 2.27. The molecule has 0 aliphatic carbocycles. The number of carbonyl (C=O) groups is 1. The van der Waals surface area contributed by atoms with E-state index in [0.29, 0.717) is 0 Å². The summed E-state index contributed by atoms with van der Waals surface area (Å²) in [4.78, 5) is 12.0. The van der Waals surface area contributed by atoms with E-state index in [4.69, 9.17) is 0 Å². The Hall–Kier alpha value is -1.37. The summed E-state index contributed by atoms with van der Waals surface area (Å²) in [5.74, 6) is 0.428. The van der Waals surface area contributed by atoms with Gasteiger partial charge in [0.2, 0.25) is 0 Å². The summed E-state index contributed by atoms with van der Waals surface area (Å²) >= 11 is 0. The molecule has 0 saturated carbocycles. The SMILES string of the molecule is CC(C)(C)C(=O)/C=C/[C@@H](c1ccccc1)C(C)(C)C. The minimum absolute atomic E-state index is 0.0933. The van der Waals surface area contributed by atoms with Crippen LogP contribution in [0.3, 0.4) is 0 Å². The molecule has 0 fully saturated rings. The molecule has 0 radical (unpaired) electrons. The molecule has 1 rings (SSSR count). The molecule has 104 valence electrons. The van der Waals surface area contributed by atoms with Crippen LogP contribution in [0, 0.1) is 10.8 Å². The normalized spacial score (nSPS) is 14.6. The fourth-order valence-electron chi connectivity index (χ4n) is 1.99. The average molecular weight is 258 g/mol. The first-order valence-corrected chi connectivity index (χ1v) is 6.90. The van der Waals surface area contributed by atoms with Gasteiger partial charge in [0.25, 0.3) is 0 Å². The van der Waals surface area contributed by atoms with E-state index in [1.807, 2.05) is 39.0 Å². The molecule has 0 aliphatic heterocycles. The largest absolute Gasteiger partial charge is 0.294 e. The summed E-state index contributed by atoms with van der Waals surface area (Å²) in [5, 5.41) is 0. The zero-order chi connectivity index (χ0) is 14.7. The number of hydrogen-bond donors (Lipinski definition) is 0. The molecule has 1 nitrogen and oxygen atoms in total. The van der Waals surface area contributed by atoms with Gasteiger partial charge in [-0.05, 0) is 17.1 Å². The van der Waals surface area contributed by atoms with Crippen LogP contribution in [0.1, 0.15) is 53.0 Å². The highest BCUT2D eigenvalue weighted by Gasteiger charge is 2.25. The lowest BCUT2D eigenvalue weighted by atomic mass is 9.76. The van der Waals surface area contributed by atoms with E-state index in [0.717, 1.165) is 0 Å². The van der Waals surface area contributed by atoms with Crippen LogP contribution in [0.25, 0.3) is 0 Å². The van der Waals surface area contributed by atoms with Gasteiger partial charge in [-0.15, -0.1) is 0 Å². The van der Waals surface area contributed by atoms with Crippen molar-refractivity contribution in [2.24, 2.45) is 10.8 Å². The smallest absolute Gasteiger partial charge is 0.160 e. The quantitative estimate of drug-likeness (QED) is 0.698. The first kappa shape index (κ1) is 15.7. The summed E-state index contributed by atoms with van der Waals surface area (Å²) in [6, 6.07) is 10.4. The van der Waals surface area contributed by atoms with Crippen molar-refractivity contribution >= 4 is 5.78 Å². The van der Waals surface area contributed by atoms with E-state index in [1.165, 1.54) is 5.56 Å². The molecule has 0 amide bonds. The number of allylic oxidation sites excluding steroid dienone is 2. The van der Waals surface area contributed by atoms with Crippen molar-refractivity contribution in [2.45, 2.75) is 47.5 Å². The highest BCUT2D eigenvalue weighted by atomic mass is 16.1. The molecule has 1 heteroatoms. The molecule has 0 aliphatic rings. The molecule has 0 saturated heterocycles. The predicted octanol–water partition coefficient (Wildman–Crippen LogP) is 4.99. The Morgan fingerprint density at radius 2 is 1.53 bits per heavy atom. The van der Waals surface area contributed by atoms with Crippen LogP contribution >= 0.6 is 0 Å². The Balaban J connectivity index is 3.02. The molecule has 0 heterocycles. The maximum absolute atomic E-state index is 12.0. The molecule has 0 N–H and O–H groups in total. The lowest BCUT2D eigenvalue weighted by molar-refractivity contribution is -0.121. The number of carbonyl (C=O) groups excluding carboxylic acids is 1. The second-order valence-corrected chi connectivity index (χ2v) is 7.23. The van der Waals surface area contributed by atoms with Crippen LogP contribution < -0.4 is 0 Å². The van der Waals surface area contributed by atoms with E-state index in [-0.39, 0.29) is 22.5 Å². The Morgan fingerprint density at radius 1 is 1.00 bits per heavy atom. The molecule has 0 aromatic heterocycles. The van der Waals surface area contributed by atoms with Crippen LogP contribution in [0.15, 0.2) is 42.5 Å². The van der Waals surface area contributed by atoms with Crippen LogP contribution in [0.5, 0.6) is 0 Å². The molecule has 1 aromatic carbocycles. The summed E-state index contributed by atoms with van der Waals surface area (Å²) < 4.78 is 0. The Labute approximate surface area is 117 Å². The van der Waals surface area contributed by atoms with Gasteiger partial charge in [-0.2, -0.15) is 0 Å². The van der Waals surface area contributed by atoms with Gasteiger partial charge < -0.3 is 0 Å². The predicted molar refractivity (Wildman–Crippen MR) is 82.2 cm³/mol. The Bertz CT molecular complexity index is 441. The minimum atomic E-state index is -0.310. The Kier molecular flexibility index (Phi) is 4.73. The third-order valence-electron chi connectivity index (χ3n) is 3.27. The number of hydrogen-bond acceptors (Lipinski definition) is 1. The van der Waals surface area contributed by atoms with Crippen LogP contribution in [0.4, 0.5) is 0 Å². The van der Waals surface area contributed by atoms with Gasteiger partial charge in [0, 0.05) is 11.3 Å². The van der Waals surface area contributed by atoms with Gasteiger partial charge in [-0.3, -0.25) is 4.79 Å². The first-order valence-electron chi connectivity index (χ1n) is 6.90. The van der Waals surface area contributed by atoms with Crippen molar-refractivity contribution in [3.05, 3.63) is 48.0 Å². The van der Waals surface area contributed by atoms with Crippen molar-refractivity contribution < 1.29 is 4.79 Å². The van der Waals surface area contributed by atoms with Crippen molar-refractivity contribution in [1.82, 2.24) is 0 Å². The number of ketones is 1. The molecule has 0 unspecified atom stereocenters. The fourth-order valence-corrected chi connectivity index (χ4v) is 1.99. The Morgan fingerprint density at radius 3 is 1.95 bits per heavy atom. The van der Waals surface area contributed by atoms with Crippen molar-refractivity contribution in [3.8, 4) is 0 Å². The van der Waals surface area contributed by atoms with Crippen molar-refractivity contribution in [1.29, 1.82) is 0 Å². The van der Waals surface area contributed by atoms with Gasteiger partial charge in [0.15, 0.2) is 5.78 Å². The van der Waals surface area contributed by atoms with E-state index < -0.39 is 0 Å². The highest BCUT2D eigenvalue weighted by Crippen LogP contribution is 2.36. The van der Waals surface area contributed by atoms with Crippen molar-refractivity contribution in [3.63, 3.8) is 0 Å².